The summed E-state index contributed by atoms with van der Waals surface area (Å²) in [5.41, 5.74) is 1.24. The van der Waals surface area contributed by atoms with Crippen LogP contribution in [0.4, 0.5) is 0 Å². The van der Waals surface area contributed by atoms with E-state index in [4.69, 9.17) is 11.6 Å². The summed E-state index contributed by atoms with van der Waals surface area (Å²) in [4.78, 5) is 7.87. The smallest absolute Gasteiger partial charge is 0.168 e. The molecule has 0 atom stereocenters. The molecule has 2 rings (SSSR count). The quantitative estimate of drug-likeness (QED) is 0.584. The van der Waals surface area contributed by atoms with E-state index in [1.54, 1.807) is 11.8 Å². The Kier molecular flexibility index (Phi) is 1.85. The van der Waals surface area contributed by atoms with Crippen LogP contribution in [0.2, 0.25) is 0 Å². The number of nitrogens with zero attached hydrogens (tertiary/aromatic N) is 2. The van der Waals surface area contributed by atoms with Gasteiger partial charge in [-0.1, -0.05) is 11.8 Å². The van der Waals surface area contributed by atoms with Crippen molar-refractivity contribution in [1.29, 1.82) is 0 Å². The van der Waals surface area contributed by atoms with Crippen LogP contribution >= 0.6 is 23.4 Å². The van der Waals surface area contributed by atoms with E-state index in [-0.39, 0.29) is 0 Å². The maximum absolute atomic E-state index is 5.80. The molecule has 2 heterocycles. The zero-order valence-corrected chi connectivity index (χ0v) is 7.87. The summed E-state index contributed by atoms with van der Waals surface area (Å²) in [5, 5.41) is 1.14. The van der Waals surface area contributed by atoms with Crippen LogP contribution in [0.25, 0.3) is 0 Å². The molecule has 0 spiro atoms. The second kappa shape index (κ2) is 2.72. The Hall–Kier alpha value is -0.150. The van der Waals surface area contributed by atoms with Gasteiger partial charge >= 0.3 is 0 Å². The van der Waals surface area contributed by atoms with Crippen LogP contribution < -0.4 is 0 Å². The van der Waals surface area contributed by atoms with Crippen LogP contribution in [0, 0.1) is 0 Å². The highest BCUT2D eigenvalue weighted by Gasteiger charge is 2.28. The minimum atomic E-state index is 0.609. The molecule has 2 aliphatic rings. The Morgan fingerprint density at radius 1 is 1.73 bits per heavy atom. The van der Waals surface area contributed by atoms with Crippen molar-refractivity contribution in [2.45, 2.75) is 6.92 Å². The predicted molar refractivity (Wildman–Crippen MR) is 50.0 cm³/mol. The van der Waals surface area contributed by atoms with E-state index < -0.39 is 0 Å². The lowest BCUT2D eigenvalue weighted by molar-refractivity contribution is 0.574. The normalized spacial score (nSPS) is 22.7. The summed E-state index contributed by atoms with van der Waals surface area (Å²) < 4.78 is 0. The van der Waals surface area contributed by atoms with Gasteiger partial charge in [-0.05, 0) is 6.92 Å². The summed E-state index contributed by atoms with van der Waals surface area (Å²) in [6.07, 6.45) is 0. The Labute approximate surface area is 75.3 Å². The maximum atomic E-state index is 5.80. The van der Waals surface area contributed by atoms with Gasteiger partial charge in [0.1, 0.15) is 0 Å². The zero-order chi connectivity index (χ0) is 7.84. The molecule has 0 saturated carbocycles. The largest absolute Gasteiger partial charge is 0.321 e. The Morgan fingerprint density at radius 2 is 2.55 bits per heavy atom. The molecule has 0 aromatic heterocycles. The molecule has 0 saturated heterocycles. The van der Waals surface area contributed by atoms with E-state index in [0.29, 0.717) is 5.88 Å². The maximum Gasteiger partial charge on any atom is 0.168 e. The Bertz CT molecular complexity index is 247. The average molecular weight is 189 g/mol. The summed E-state index contributed by atoms with van der Waals surface area (Å²) in [7, 11) is 0. The molecule has 60 valence electrons. The van der Waals surface area contributed by atoms with E-state index >= 15 is 0 Å². The third-order valence-electron chi connectivity index (χ3n) is 1.90. The fourth-order valence-corrected chi connectivity index (χ4v) is 2.78. The molecule has 0 unspecified atom stereocenters. The van der Waals surface area contributed by atoms with E-state index in [2.05, 4.69) is 16.8 Å². The first kappa shape index (κ1) is 7.50. The van der Waals surface area contributed by atoms with Gasteiger partial charge in [0.25, 0.3) is 0 Å². The van der Waals surface area contributed by atoms with Crippen molar-refractivity contribution < 1.29 is 0 Å². The van der Waals surface area contributed by atoms with Gasteiger partial charge in [0.05, 0.1) is 12.4 Å². The second-order valence-corrected chi connectivity index (χ2v) is 4.00. The molecule has 0 radical (unpaired) electrons. The highest BCUT2D eigenvalue weighted by molar-refractivity contribution is 8.17. The molecular weight excluding hydrogens is 180 g/mol. The molecule has 11 heavy (non-hydrogen) atoms. The molecule has 4 heteroatoms. The molecular formula is C7H9ClN2S. The summed E-state index contributed by atoms with van der Waals surface area (Å²) in [6, 6.07) is 0. The first-order valence-corrected chi connectivity index (χ1v) is 4.93. The van der Waals surface area contributed by atoms with Crippen LogP contribution in [-0.2, 0) is 0 Å². The van der Waals surface area contributed by atoms with Crippen LogP contribution in [0.5, 0.6) is 0 Å². The van der Waals surface area contributed by atoms with Crippen LogP contribution in [0.1, 0.15) is 6.92 Å². The highest BCUT2D eigenvalue weighted by atomic mass is 35.5. The molecule has 2 nitrogen and oxygen atoms in total. The molecule has 0 aliphatic carbocycles. The van der Waals surface area contributed by atoms with Crippen LogP contribution in [0.15, 0.2) is 15.6 Å². The van der Waals surface area contributed by atoms with Crippen molar-refractivity contribution in [2.24, 2.45) is 4.99 Å². The third kappa shape index (κ3) is 1.07. The molecule has 2 aliphatic heterocycles. The SMILES string of the molecule is CC1=C(CCl)N2CCN=C2S1. The van der Waals surface area contributed by atoms with Gasteiger partial charge in [-0.2, -0.15) is 0 Å². The van der Waals surface area contributed by atoms with Gasteiger partial charge in [0, 0.05) is 17.1 Å². The van der Waals surface area contributed by atoms with E-state index in [9.17, 15) is 0 Å². The van der Waals surface area contributed by atoms with Gasteiger partial charge in [-0.3, -0.25) is 4.99 Å². The number of fused-ring (bicyclic) bond motifs is 1. The molecule has 0 fully saturated rings. The summed E-state index contributed by atoms with van der Waals surface area (Å²) in [6.45, 7) is 4.04. The lowest BCUT2D eigenvalue weighted by Gasteiger charge is -2.13. The summed E-state index contributed by atoms with van der Waals surface area (Å²) >= 11 is 7.54. The fraction of sp³-hybridized carbons (Fsp3) is 0.571. The number of aliphatic imine (C=N–C) groups is 1. The van der Waals surface area contributed by atoms with E-state index in [1.165, 1.54) is 10.6 Å². The van der Waals surface area contributed by atoms with Crippen LogP contribution in [0.3, 0.4) is 0 Å². The van der Waals surface area contributed by atoms with Crippen molar-refractivity contribution in [2.75, 3.05) is 19.0 Å². The van der Waals surface area contributed by atoms with Crippen LogP contribution in [-0.4, -0.2) is 29.0 Å². The van der Waals surface area contributed by atoms with Crippen molar-refractivity contribution in [3.8, 4) is 0 Å². The Morgan fingerprint density at radius 3 is 3.27 bits per heavy atom. The monoisotopic (exact) mass is 188 g/mol. The number of thioether (sulfide) groups is 1. The minimum absolute atomic E-state index is 0.609. The molecule has 0 amide bonds. The fourth-order valence-electron chi connectivity index (χ4n) is 1.32. The second-order valence-electron chi connectivity index (χ2n) is 2.55. The number of alkyl halides is 1. The van der Waals surface area contributed by atoms with Gasteiger partial charge in [0.2, 0.25) is 0 Å². The number of hydrogen-bond acceptors (Lipinski definition) is 3. The number of amidine groups is 1. The Balaban J connectivity index is 2.29. The minimum Gasteiger partial charge on any atom is -0.321 e. The molecule has 0 N–H and O–H groups in total. The molecule has 0 bridgehead atoms. The van der Waals surface area contributed by atoms with E-state index in [0.717, 1.165) is 18.3 Å². The van der Waals surface area contributed by atoms with Crippen molar-refractivity contribution in [3.63, 3.8) is 0 Å². The highest BCUT2D eigenvalue weighted by Crippen LogP contribution is 2.36. The summed E-state index contributed by atoms with van der Waals surface area (Å²) in [5.74, 6) is 0.609. The van der Waals surface area contributed by atoms with Crippen molar-refractivity contribution >= 4 is 28.5 Å². The first-order valence-electron chi connectivity index (χ1n) is 3.58. The van der Waals surface area contributed by atoms with Crippen molar-refractivity contribution in [3.05, 3.63) is 10.6 Å². The van der Waals surface area contributed by atoms with Gasteiger partial charge in [-0.15, -0.1) is 11.6 Å². The topological polar surface area (TPSA) is 15.6 Å². The van der Waals surface area contributed by atoms with Gasteiger partial charge in [0.15, 0.2) is 5.17 Å². The molecule has 0 aromatic carbocycles. The van der Waals surface area contributed by atoms with E-state index in [1.807, 2.05) is 0 Å². The molecule has 0 aromatic rings. The number of rotatable bonds is 1. The number of hydrogen-bond donors (Lipinski definition) is 0. The first-order chi connectivity index (χ1) is 5.33. The standard InChI is InChI=1S/C7H9ClN2S/c1-5-6(4-8)10-3-2-9-7(10)11-5/h2-4H2,1H3. The average Bonchev–Trinajstić information content (AvgIpc) is 2.46. The number of allylic oxidation sites excluding steroid dienone is 2. The van der Waals surface area contributed by atoms with Crippen molar-refractivity contribution in [1.82, 2.24) is 4.90 Å². The predicted octanol–water partition coefficient (Wildman–Crippen LogP) is 1.88. The van der Waals surface area contributed by atoms with Gasteiger partial charge < -0.3 is 4.90 Å². The lowest BCUT2D eigenvalue weighted by atomic mass is 10.4. The number of halogens is 1. The lowest BCUT2D eigenvalue weighted by Crippen LogP contribution is -2.21. The third-order valence-corrected chi connectivity index (χ3v) is 3.23. The zero-order valence-electron chi connectivity index (χ0n) is 6.30. The van der Waals surface area contributed by atoms with Gasteiger partial charge in [-0.25, -0.2) is 0 Å².